The second-order valence-corrected chi connectivity index (χ2v) is 4.40. The Morgan fingerprint density at radius 3 is 2.40 bits per heavy atom. The van der Waals surface area contributed by atoms with Crippen LogP contribution in [0.2, 0.25) is 5.02 Å². The van der Waals surface area contributed by atoms with Gasteiger partial charge in [-0.3, -0.25) is 14.7 Å². The number of hydrogen-bond donors (Lipinski definition) is 2. The van der Waals surface area contributed by atoms with Crippen LogP contribution >= 0.6 is 11.6 Å². The molecule has 82 valence electrons. The summed E-state index contributed by atoms with van der Waals surface area (Å²) in [6.07, 6.45) is 0. The normalized spacial score (nSPS) is 11.3. The van der Waals surface area contributed by atoms with Gasteiger partial charge in [-0.1, -0.05) is 11.6 Å². The average Bonchev–Trinajstić information content (AvgIpc) is 2.06. The van der Waals surface area contributed by atoms with E-state index in [-0.39, 0.29) is 5.02 Å². The summed E-state index contributed by atoms with van der Waals surface area (Å²) in [5.74, 6) is 0. The molecule has 3 N–H and O–H groups in total. The summed E-state index contributed by atoms with van der Waals surface area (Å²) < 4.78 is 30.3. The number of nitro benzene ring substituents is 1. The Kier molecular flexibility index (Phi) is 2.84. The minimum atomic E-state index is -4.63. The van der Waals surface area contributed by atoms with Gasteiger partial charge in [0, 0.05) is 11.1 Å². The van der Waals surface area contributed by atoms with Gasteiger partial charge >= 0.3 is 0 Å². The number of benzene rings is 1. The van der Waals surface area contributed by atoms with Crippen LogP contribution in [0.15, 0.2) is 17.0 Å². The first-order chi connectivity index (χ1) is 6.73. The van der Waals surface area contributed by atoms with Crippen LogP contribution in [0.3, 0.4) is 0 Å². The minimum Gasteiger partial charge on any atom is -0.392 e. The molecule has 0 aliphatic heterocycles. The summed E-state index contributed by atoms with van der Waals surface area (Å²) in [5, 5.41) is 10.2. The van der Waals surface area contributed by atoms with E-state index in [1.54, 1.807) is 0 Å². The van der Waals surface area contributed by atoms with Gasteiger partial charge in [-0.05, 0) is 6.07 Å². The van der Waals surface area contributed by atoms with Gasteiger partial charge in [-0.25, -0.2) is 0 Å². The monoisotopic (exact) mass is 252 g/mol. The molecular formula is C6H5ClN2O5S. The zero-order valence-corrected chi connectivity index (χ0v) is 8.62. The van der Waals surface area contributed by atoms with Crippen molar-refractivity contribution in [2.75, 3.05) is 5.73 Å². The first kappa shape index (κ1) is 11.7. The highest BCUT2D eigenvalue weighted by atomic mass is 35.5. The largest absolute Gasteiger partial charge is 0.392 e. The first-order valence-corrected chi connectivity index (χ1v) is 5.26. The van der Waals surface area contributed by atoms with Gasteiger partial charge in [-0.15, -0.1) is 0 Å². The molecule has 0 saturated carbocycles. The Morgan fingerprint density at radius 2 is 2.00 bits per heavy atom. The molecule has 1 rings (SSSR count). The second-order valence-electron chi connectivity index (χ2n) is 2.57. The highest BCUT2D eigenvalue weighted by Gasteiger charge is 2.23. The molecule has 0 radical (unpaired) electrons. The zero-order chi connectivity index (χ0) is 11.8. The molecule has 0 bridgehead atoms. The van der Waals surface area contributed by atoms with Gasteiger partial charge in [0.15, 0.2) is 0 Å². The van der Waals surface area contributed by atoms with E-state index in [9.17, 15) is 18.5 Å². The minimum absolute atomic E-state index is 0.205. The van der Waals surface area contributed by atoms with Crippen molar-refractivity contribution >= 4 is 33.1 Å². The van der Waals surface area contributed by atoms with Crippen LogP contribution in [0.25, 0.3) is 0 Å². The molecular weight excluding hydrogens is 248 g/mol. The lowest BCUT2D eigenvalue weighted by Gasteiger charge is -2.03. The van der Waals surface area contributed by atoms with Crippen molar-refractivity contribution < 1.29 is 17.9 Å². The van der Waals surface area contributed by atoms with Crippen molar-refractivity contribution in [2.45, 2.75) is 4.90 Å². The van der Waals surface area contributed by atoms with Crippen molar-refractivity contribution in [1.82, 2.24) is 0 Å². The number of nitrogens with zero attached hydrogens (tertiary/aromatic N) is 1. The zero-order valence-electron chi connectivity index (χ0n) is 7.05. The fourth-order valence-electron chi connectivity index (χ4n) is 0.944. The third kappa shape index (κ3) is 2.35. The Bertz CT molecular complexity index is 527. The van der Waals surface area contributed by atoms with Crippen molar-refractivity contribution in [3.05, 3.63) is 27.3 Å². The molecule has 0 aromatic heterocycles. The molecule has 1 aromatic rings. The quantitative estimate of drug-likeness (QED) is 0.351. The van der Waals surface area contributed by atoms with E-state index in [1.165, 1.54) is 0 Å². The first-order valence-electron chi connectivity index (χ1n) is 3.44. The van der Waals surface area contributed by atoms with Gasteiger partial charge in [0.2, 0.25) is 0 Å². The lowest BCUT2D eigenvalue weighted by atomic mass is 10.3. The van der Waals surface area contributed by atoms with Crippen LogP contribution < -0.4 is 5.73 Å². The predicted octanol–water partition coefficient (Wildman–Crippen LogP) is 1.08. The highest BCUT2D eigenvalue weighted by Crippen LogP contribution is 2.32. The summed E-state index contributed by atoms with van der Waals surface area (Å²) in [6.45, 7) is 0. The molecule has 9 heteroatoms. The van der Waals surface area contributed by atoms with Crippen LogP contribution in [-0.2, 0) is 10.1 Å². The number of hydrogen-bond acceptors (Lipinski definition) is 5. The molecule has 0 aliphatic rings. The van der Waals surface area contributed by atoms with Gasteiger partial charge in [-0.2, -0.15) is 8.42 Å². The van der Waals surface area contributed by atoms with Crippen LogP contribution in [0.1, 0.15) is 0 Å². The van der Waals surface area contributed by atoms with E-state index >= 15 is 0 Å². The van der Waals surface area contributed by atoms with E-state index in [4.69, 9.17) is 21.9 Å². The lowest BCUT2D eigenvalue weighted by Crippen LogP contribution is -2.06. The Labute approximate surface area is 89.4 Å². The average molecular weight is 253 g/mol. The van der Waals surface area contributed by atoms with Gasteiger partial charge < -0.3 is 5.73 Å². The highest BCUT2D eigenvalue weighted by molar-refractivity contribution is 7.86. The van der Waals surface area contributed by atoms with Crippen LogP contribution in [-0.4, -0.2) is 17.9 Å². The van der Waals surface area contributed by atoms with E-state index in [1.807, 2.05) is 0 Å². The number of nitrogen functional groups attached to an aromatic ring is 1. The molecule has 0 saturated heterocycles. The molecule has 0 unspecified atom stereocenters. The molecule has 0 atom stereocenters. The molecule has 7 nitrogen and oxygen atoms in total. The summed E-state index contributed by atoms with van der Waals surface area (Å²) >= 11 is 5.44. The Hall–Kier alpha value is -1.38. The standard InChI is InChI=1S/C6H5ClN2O5S/c7-3-1-4(9(10)11)6(8)5(2-3)15(12,13)14/h1-2H,8H2,(H,12,13,14). The molecule has 0 spiro atoms. The number of halogens is 1. The molecule has 1 aromatic carbocycles. The van der Waals surface area contributed by atoms with E-state index in [2.05, 4.69) is 0 Å². The van der Waals surface area contributed by atoms with Crippen molar-refractivity contribution in [2.24, 2.45) is 0 Å². The lowest BCUT2D eigenvalue weighted by molar-refractivity contribution is -0.384. The summed E-state index contributed by atoms with van der Waals surface area (Å²) in [7, 11) is -4.63. The van der Waals surface area contributed by atoms with Gasteiger partial charge in [0.05, 0.1) is 4.92 Å². The predicted molar refractivity (Wildman–Crippen MR) is 52.3 cm³/mol. The molecule has 0 aliphatic carbocycles. The molecule has 15 heavy (non-hydrogen) atoms. The molecule has 0 fully saturated rings. The maximum Gasteiger partial charge on any atom is 0.296 e. The van der Waals surface area contributed by atoms with Crippen molar-refractivity contribution in [1.29, 1.82) is 0 Å². The second kappa shape index (κ2) is 3.65. The number of rotatable bonds is 2. The third-order valence-corrected chi connectivity index (χ3v) is 2.67. The SMILES string of the molecule is Nc1c([N+](=O)[O-])cc(Cl)cc1S(=O)(=O)O. The van der Waals surface area contributed by atoms with Gasteiger partial charge in [0.25, 0.3) is 15.8 Å². The maximum absolute atomic E-state index is 10.8. The fraction of sp³-hybridized carbons (Fsp3) is 0. The smallest absolute Gasteiger partial charge is 0.296 e. The van der Waals surface area contributed by atoms with Crippen molar-refractivity contribution in [3.63, 3.8) is 0 Å². The summed E-state index contributed by atoms with van der Waals surface area (Å²) in [5.41, 5.74) is 3.88. The van der Waals surface area contributed by atoms with E-state index in [0.29, 0.717) is 0 Å². The Balaban J connectivity index is 3.63. The van der Waals surface area contributed by atoms with Gasteiger partial charge in [0.1, 0.15) is 10.6 Å². The summed E-state index contributed by atoms with van der Waals surface area (Å²) in [6, 6.07) is 1.73. The third-order valence-electron chi connectivity index (χ3n) is 1.56. The topological polar surface area (TPSA) is 124 Å². The number of nitro groups is 1. The molecule has 0 heterocycles. The van der Waals surface area contributed by atoms with Crippen LogP contribution in [0.5, 0.6) is 0 Å². The van der Waals surface area contributed by atoms with Crippen molar-refractivity contribution in [3.8, 4) is 0 Å². The van der Waals surface area contributed by atoms with E-state index in [0.717, 1.165) is 12.1 Å². The molecule has 0 amide bonds. The summed E-state index contributed by atoms with van der Waals surface area (Å²) in [4.78, 5) is 8.77. The maximum atomic E-state index is 10.8. The number of anilines is 1. The fourth-order valence-corrected chi connectivity index (χ4v) is 1.88. The van der Waals surface area contributed by atoms with Crippen LogP contribution in [0, 0.1) is 10.1 Å². The Morgan fingerprint density at radius 1 is 1.47 bits per heavy atom. The van der Waals surface area contributed by atoms with E-state index < -0.39 is 31.3 Å². The number of nitrogens with two attached hydrogens (primary N) is 1. The van der Waals surface area contributed by atoms with Crippen LogP contribution in [0.4, 0.5) is 11.4 Å².